The Labute approximate surface area is 228 Å². The monoisotopic (exact) mass is 545 g/mol. The van der Waals surface area contributed by atoms with Crippen molar-refractivity contribution in [1.29, 1.82) is 0 Å². The molecule has 2 rings (SSSR count). The molecule has 0 aliphatic carbocycles. The topological polar surface area (TPSA) is 109 Å². The Kier molecular flexibility index (Phi) is 14.6. The van der Waals surface area contributed by atoms with Crippen molar-refractivity contribution in [1.82, 2.24) is 0 Å². The fraction of sp³-hybridized carbons (Fsp3) is 0.552. The molecule has 38 heavy (non-hydrogen) atoms. The van der Waals surface area contributed by atoms with Crippen LogP contribution in [0.2, 0.25) is 0 Å². The molecule has 0 saturated heterocycles. The van der Waals surface area contributed by atoms with Crippen molar-refractivity contribution in [3.05, 3.63) is 48.5 Å². The van der Waals surface area contributed by atoms with E-state index in [4.69, 9.17) is 9.84 Å². The lowest BCUT2D eigenvalue weighted by molar-refractivity contribution is -0.143. The van der Waals surface area contributed by atoms with Crippen LogP contribution in [0.15, 0.2) is 63.7 Å². The summed E-state index contributed by atoms with van der Waals surface area (Å²) >= 11 is 0. The molecule has 0 atom stereocenters. The molecule has 0 aliphatic heterocycles. The van der Waals surface area contributed by atoms with E-state index in [0.29, 0.717) is 37.2 Å². The Morgan fingerprint density at radius 1 is 0.842 bits per heavy atom. The minimum atomic E-state index is -3.32. The molecular formula is C29H43N3O5S. The minimum absolute atomic E-state index is 0.0983. The van der Waals surface area contributed by atoms with Gasteiger partial charge in [-0.3, -0.25) is 4.79 Å². The van der Waals surface area contributed by atoms with Gasteiger partial charge in [-0.1, -0.05) is 32.6 Å². The zero-order valence-electron chi connectivity index (χ0n) is 22.8. The highest BCUT2D eigenvalue weighted by atomic mass is 32.2. The summed E-state index contributed by atoms with van der Waals surface area (Å²) in [6.45, 7) is 3.64. The lowest BCUT2D eigenvalue weighted by atomic mass is 10.2. The highest BCUT2D eigenvalue weighted by Crippen LogP contribution is 2.24. The van der Waals surface area contributed by atoms with Gasteiger partial charge in [0.2, 0.25) is 0 Å². The first-order valence-electron chi connectivity index (χ1n) is 13.7. The van der Waals surface area contributed by atoms with Crippen molar-refractivity contribution >= 4 is 32.9 Å². The first-order chi connectivity index (χ1) is 18.4. The average molecular weight is 546 g/mol. The van der Waals surface area contributed by atoms with Crippen molar-refractivity contribution < 1.29 is 23.1 Å². The fourth-order valence-corrected chi connectivity index (χ4v) is 5.18. The van der Waals surface area contributed by atoms with Gasteiger partial charge in [0.1, 0.15) is 0 Å². The SMILES string of the molecule is CCCCOC(=O)CCCCCN(C)c1ccc(N=Nc2ccc(S(=O)(=O)CCCCCCO)cc2)cc1. The highest BCUT2D eigenvalue weighted by molar-refractivity contribution is 7.91. The van der Waals surface area contributed by atoms with Crippen molar-refractivity contribution in [3.63, 3.8) is 0 Å². The van der Waals surface area contributed by atoms with Gasteiger partial charge in [-0.15, -0.1) is 0 Å². The number of sulfone groups is 1. The van der Waals surface area contributed by atoms with Crippen LogP contribution < -0.4 is 4.90 Å². The first-order valence-corrected chi connectivity index (χ1v) is 15.3. The number of carbonyl (C=O) groups is 1. The lowest BCUT2D eigenvalue weighted by Gasteiger charge is -2.19. The number of rotatable bonds is 19. The molecule has 0 fully saturated rings. The molecule has 9 heteroatoms. The van der Waals surface area contributed by atoms with E-state index in [-0.39, 0.29) is 23.2 Å². The van der Waals surface area contributed by atoms with E-state index in [2.05, 4.69) is 22.1 Å². The van der Waals surface area contributed by atoms with Crippen molar-refractivity contribution in [3.8, 4) is 0 Å². The summed E-state index contributed by atoms with van der Waals surface area (Å²) in [5, 5.41) is 17.3. The van der Waals surface area contributed by atoms with Crippen LogP contribution in [0.4, 0.5) is 17.1 Å². The van der Waals surface area contributed by atoms with Gasteiger partial charge >= 0.3 is 5.97 Å². The Morgan fingerprint density at radius 2 is 1.45 bits per heavy atom. The van der Waals surface area contributed by atoms with E-state index in [0.717, 1.165) is 57.2 Å². The molecule has 0 saturated carbocycles. The molecule has 0 aromatic heterocycles. The van der Waals surface area contributed by atoms with Gasteiger partial charge in [-0.05, 0) is 80.6 Å². The Bertz CT molecular complexity index is 1070. The standard InChI is InChI=1S/C29H43N3O5S/c1-3-4-23-37-29(34)12-8-7-9-21-32(2)27-17-13-25(14-18-27)30-31-26-15-19-28(20-16-26)38(35,36)24-11-6-5-10-22-33/h13-20,33H,3-12,21-24H2,1-2H3. The smallest absolute Gasteiger partial charge is 0.305 e. The first kappa shape index (κ1) is 31.4. The maximum Gasteiger partial charge on any atom is 0.305 e. The van der Waals surface area contributed by atoms with Crippen molar-refractivity contribution in [2.45, 2.75) is 76.0 Å². The number of nitrogens with zero attached hydrogens (tertiary/aromatic N) is 3. The predicted octanol–water partition coefficient (Wildman–Crippen LogP) is 6.77. The number of carbonyl (C=O) groups excluding carboxylic acids is 1. The van der Waals surface area contributed by atoms with E-state index in [1.54, 1.807) is 24.3 Å². The molecule has 0 aliphatic rings. The molecule has 210 valence electrons. The third kappa shape index (κ3) is 12.2. The molecule has 0 radical (unpaired) electrons. The summed E-state index contributed by atoms with van der Waals surface area (Å²) in [7, 11) is -1.28. The molecule has 1 N–H and O–H groups in total. The second-order valence-electron chi connectivity index (χ2n) is 9.47. The molecule has 0 unspecified atom stereocenters. The maximum atomic E-state index is 12.5. The zero-order valence-corrected chi connectivity index (χ0v) is 23.7. The zero-order chi connectivity index (χ0) is 27.6. The van der Waals surface area contributed by atoms with Crippen LogP contribution in [0.25, 0.3) is 0 Å². The van der Waals surface area contributed by atoms with Gasteiger partial charge < -0.3 is 14.7 Å². The minimum Gasteiger partial charge on any atom is -0.466 e. The van der Waals surface area contributed by atoms with Gasteiger partial charge in [0.25, 0.3) is 0 Å². The summed E-state index contributed by atoms with van der Waals surface area (Å²) in [6.07, 6.45) is 8.17. The van der Waals surface area contributed by atoms with E-state index in [1.807, 2.05) is 31.3 Å². The number of ether oxygens (including phenoxy) is 1. The molecule has 0 spiro atoms. The molecular weight excluding hydrogens is 502 g/mol. The predicted molar refractivity (Wildman–Crippen MR) is 152 cm³/mol. The van der Waals surface area contributed by atoms with Gasteiger partial charge in [0.05, 0.1) is 28.6 Å². The number of azo groups is 1. The van der Waals surface area contributed by atoms with E-state index in [9.17, 15) is 13.2 Å². The summed E-state index contributed by atoms with van der Waals surface area (Å²) < 4.78 is 30.2. The van der Waals surface area contributed by atoms with Gasteiger partial charge in [0, 0.05) is 32.3 Å². The maximum absolute atomic E-state index is 12.5. The Hall–Kier alpha value is -2.78. The Morgan fingerprint density at radius 3 is 2.08 bits per heavy atom. The molecule has 8 nitrogen and oxygen atoms in total. The molecule has 0 bridgehead atoms. The van der Waals surface area contributed by atoms with Crippen LogP contribution in [0.1, 0.15) is 71.1 Å². The number of aliphatic hydroxyl groups is 1. The molecule has 2 aromatic rings. The summed E-state index contributed by atoms with van der Waals surface area (Å²) in [6, 6.07) is 14.3. The van der Waals surface area contributed by atoms with Crippen molar-refractivity contribution in [2.75, 3.05) is 37.5 Å². The second-order valence-corrected chi connectivity index (χ2v) is 11.6. The normalized spacial score (nSPS) is 11.7. The van der Waals surface area contributed by atoms with E-state index >= 15 is 0 Å². The fourth-order valence-electron chi connectivity index (χ4n) is 3.81. The number of benzene rings is 2. The number of aliphatic hydroxyl groups excluding tert-OH is 1. The van der Waals surface area contributed by atoms with Crippen LogP contribution >= 0.6 is 0 Å². The summed E-state index contributed by atoms with van der Waals surface area (Å²) in [5.41, 5.74) is 2.37. The van der Waals surface area contributed by atoms with Crippen LogP contribution in [0.5, 0.6) is 0 Å². The second kappa shape index (κ2) is 17.7. The number of hydrogen-bond donors (Lipinski definition) is 1. The number of esters is 1. The van der Waals surface area contributed by atoms with Crippen LogP contribution in [0.3, 0.4) is 0 Å². The number of hydrogen-bond acceptors (Lipinski definition) is 8. The molecule has 0 heterocycles. The third-order valence-electron chi connectivity index (χ3n) is 6.22. The number of anilines is 1. The van der Waals surface area contributed by atoms with Gasteiger partial charge in [-0.25, -0.2) is 8.42 Å². The van der Waals surface area contributed by atoms with E-state index < -0.39 is 9.84 Å². The highest BCUT2D eigenvalue weighted by Gasteiger charge is 2.13. The van der Waals surface area contributed by atoms with Crippen LogP contribution in [-0.4, -0.2) is 52.1 Å². The van der Waals surface area contributed by atoms with Crippen LogP contribution in [0, 0.1) is 0 Å². The lowest BCUT2D eigenvalue weighted by Crippen LogP contribution is -2.18. The number of unbranched alkanes of at least 4 members (excludes halogenated alkanes) is 6. The summed E-state index contributed by atoms with van der Waals surface area (Å²) in [5.74, 6) is 0.00666. The molecule has 0 amide bonds. The van der Waals surface area contributed by atoms with Crippen LogP contribution in [-0.2, 0) is 19.4 Å². The largest absolute Gasteiger partial charge is 0.466 e. The quantitative estimate of drug-likeness (QED) is 0.119. The van der Waals surface area contributed by atoms with Crippen molar-refractivity contribution in [2.24, 2.45) is 10.2 Å². The van der Waals surface area contributed by atoms with E-state index in [1.165, 1.54) is 0 Å². The summed E-state index contributed by atoms with van der Waals surface area (Å²) in [4.78, 5) is 14.1. The molecule has 2 aromatic carbocycles. The van der Waals surface area contributed by atoms with Gasteiger partial charge in [-0.2, -0.15) is 10.2 Å². The van der Waals surface area contributed by atoms with Gasteiger partial charge in [0.15, 0.2) is 9.84 Å². The third-order valence-corrected chi connectivity index (χ3v) is 8.04. The Balaban J connectivity index is 1.75. The average Bonchev–Trinajstić information content (AvgIpc) is 2.92.